The topological polar surface area (TPSA) is 77.8 Å². The van der Waals surface area contributed by atoms with Crippen LogP contribution in [0.25, 0.3) is 0 Å². The van der Waals surface area contributed by atoms with Gasteiger partial charge in [-0.2, -0.15) is 0 Å². The number of nitrogens with one attached hydrogen (secondary N) is 1. The van der Waals surface area contributed by atoms with Crippen molar-refractivity contribution in [1.29, 1.82) is 0 Å². The minimum Gasteiger partial charge on any atom is -0.495 e. The average molecular weight is 403 g/mol. The molecule has 0 aliphatic heterocycles. The minimum absolute atomic E-state index is 0.00425. The lowest BCUT2D eigenvalue weighted by Gasteiger charge is -2.12. The van der Waals surface area contributed by atoms with E-state index in [1.807, 2.05) is 0 Å². The van der Waals surface area contributed by atoms with Gasteiger partial charge < -0.3 is 19.2 Å². The number of rotatable bonds is 5. The Kier molecular flexibility index (Phi) is 5.68. The molecule has 0 spiro atoms. The highest BCUT2D eigenvalue weighted by Crippen LogP contribution is 2.30. The summed E-state index contributed by atoms with van der Waals surface area (Å²) >= 11 is 9.07. The van der Waals surface area contributed by atoms with Crippen molar-refractivity contribution in [2.45, 2.75) is 6.92 Å². The highest BCUT2D eigenvalue weighted by molar-refractivity contribution is 9.10. The Balaban J connectivity index is 1.97. The summed E-state index contributed by atoms with van der Waals surface area (Å²) in [4.78, 5) is 23.6. The first-order valence-electron chi connectivity index (χ1n) is 6.47. The van der Waals surface area contributed by atoms with Crippen molar-refractivity contribution in [2.75, 3.05) is 19.0 Å². The molecule has 0 aliphatic carbocycles. The van der Waals surface area contributed by atoms with Crippen LogP contribution in [0.15, 0.2) is 33.4 Å². The van der Waals surface area contributed by atoms with Crippen LogP contribution in [0.5, 0.6) is 5.75 Å². The molecule has 1 N–H and O–H groups in total. The zero-order chi connectivity index (χ0) is 17.0. The predicted molar refractivity (Wildman–Crippen MR) is 88.1 cm³/mol. The van der Waals surface area contributed by atoms with E-state index in [1.54, 1.807) is 25.1 Å². The Labute approximate surface area is 145 Å². The van der Waals surface area contributed by atoms with E-state index in [0.717, 1.165) is 5.56 Å². The number of methoxy groups -OCH3 is 1. The standard InChI is InChI=1S/C15H13BrClNO5/c1-8-5-10(12(21-2)6-9(8)17)18-14(19)7-22-15(20)11-3-4-13(16)23-11/h3-6H,7H2,1-2H3,(H,18,19). The Hall–Kier alpha value is -1.99. The van der Waals surface area contributed by atoms with Crippen molar-refractivity contribution in [3.05, 3.63) is 45.3 Å². The Morgan fingerprint density at radius 1 is 1.35 bits per heavy atom. The van der Waals surface area contributed by atoms with Crippen LogP contribution in [0.1, 0.15) is 16.1 Å². The first-order chi connectivity index (χ1) is 10.9. The molecular weight excluding hydrogens is 390 g/mol. The molecule has 1 aromatic carbocycles. The molecule has 1 aromatic heterocycles. The number of aryl methyl sites for hydroxylation is 1. The number of hydrogen-bond donors (Lipinski definition) is 1. The summed E-state index contributed by atoms with van der Waals surface area (Å²) in [6, 6.07) is 6.26. The number of amides is 1. The van der Waals surface area contributed by atoms with Gasteiger partial charge in [-0.15, -0.1) is 0 Å². The fraction of sp³-hybridized carbons (Fsp3) is 0.200. The van der Waals surface area contributed by atoms with Gasteiger partial charge in [0.15, 0.2) is 11.3 Å². The van der Waals surface area contributed by atoms with Gasteiger partial charge in [-0.3, -0.25) is 4.79 Å². The lowest BCUT2D eigenvalue weighted by molar-refractivity contribution is -0.119. The lowest BCUT2D eigenvalue weighted by atomic mass is 10.2. The smallest absolute Gasteiger partial charge is 0.374 e. The molecule has 2 rings (SSSR count). The number of anilines is 1. The summed E-state index contributed by atoms with van der Waals surface area (Å²) in [6.07, 6.45) is 0. The van der Waals surface area contributed by atoms with Crippen LogP contribution in [-0.2, 0) is 9.53 Å². The van der Waals surface area contributed by atoms with Gasteiger partial charge in [-0.05, 0) is 46.6 Å². The van der Waals surface area contributed by atoms with Crippen LogP contribution in [0, 0.1) is 6.92 Å². The van der Waals surface area contributed by atoms with E-state index < -0.39 is 18.5 Å². The second kappa shape index (κ2) is 7.52. The third-order valence-corrected chi connectivity index (χ3v) is 3.70. The number of ether oxygens (including phenoxy) is 2. The van der Waals surface area contributed by atoms with Gasteiger partial charge in [0.25, 0.3) is 5.91 Å². The molecule has 2 aromatic rings. The molecule has 1 heterocycles. The third-order valence-electron chi connectivity index (χ3n) is 2.86. The van der Waals surface area contributed by atoms with Crippen molar-refractivity contribution in [2.24, 2.45) is 0 Å². The van der Waals surface area contributed by atoms with Crippen LogP contribution in [0.3, 0.4) is 0 Å². The van der Waals surface area contributed by atoms with Crippen LogP contribution in [0.2, 0.25) is 5.02 Å². The van der Waals surface area contributed by atoms with E-state index in [1.165, 1.54) is 13.2 Å². The fourth-order valence-electron chi connectivity index (χ4n) is 1.74. The van der Waals surface area contributed by atoms with Crippen LogP contribution in [0.4, 0.5) is 5.69 Å². The largest absolute Gasteiger partial charge is 0.495 e. The first-order valence-corrected chi connectivity index (χ1v) is 7.64. The second-order valence-electron chi connectivity index (χ2n) is 4.53. The summed E-state index contributed by atoms with van der Waals surface area (Å²) in [5, 5.41) is 3.12. The Morgan fingerprint density at radius 3 is 2.70 bits per heavy atom. The molecule has 122 valence electrons. The van der Waals surface area contributed by atoms with E-state index in [4.69, 9.17) is 25.5 Å². The summed E-state index contributed by atoms with van der Waals surface area (Å²) in [5.41, 5.74) is 1.22. The van der Waals surface area contributed by atoms with Crippen LogP contribution >= 0.6 is 27.5 Å². The molecule has 23 heavy (non-hydrogen) atoms. The number of benzene rings is 1. The zero-order valence-corrected chi connectivity index (χ0v) is 14.7. The van der Waals surface area contributed by atoms with Crippen molar-refractivity contribution in [1.82, 2.24) is 0 Å². The van der Waals surface area contributed by atoms with Gasteiger partial charge >= 0.3 is 5.97 Å². The molecule has 0 saturated carbocycles. The summed E-state index contributed by atoms with van der Waals surface area (Å²) in [6.45, 7) is 1.34. The lowest BCUT2D eigenvalue weighted by Crippen LogP contribution is -2.21. The molecule has 8 heteroatoms. The summed E-state index contributed by atoms with van der Waals surface area (Å²) < 4.78 is 15.5. The average Bonchev–Trinajstić information content (AvgIpc) is 2.95. The van der Waals surface area contributed by atoms with Gasteiger partial charge in [-0.1, -0.05) is 11.6 Å². The summed E-state index contributed by atoms with van der Waals surface area (Å²) in [5.74, 6) is -0.825. The van der Waals surface area contributed by atoms with Gasteiger partial charge in [0.1, 0.15) is 5.75 Å². The SMILES string of the molecule is COc1cc(Cl)c(C)cc1NC(=O)COC(=O)c1ccc(Br)o1. The molecule has 0 bridgehead atoms. The maximum Gasteiger partial charge on any atom is 0.374 e. The molecule has 0 atom stereocenters. The molecule has 0 unspecified atom stereocenters. The Morgan fingerprint density at radius 2 is 2.09 bits per heavy atom. The van der Waals surface area contributed by atoms with Gasteiger partial charge in [-0.25, -0.2) is 4.79 Å². The predicted octanol–water partition coefficient (Wildman–Crippen LogP) is 3.81. The number of furan rings is 1. The molecule has 6 nitrogen and oxygen atoms in total. The maximum absolute atomic E-state index is 11.9. The number of hydrogen-bond acceptors (Lipinski definition) is 5. The van der Waals surface area contributed by atoms with Gasteiger partial charge in [0.05, 0.1) is 12.8 Å². The highest BCUT2D eigenvalue weighted by Gasteiger charge is 2.15. The van der Waals surface area contributed by atoms with E-state index in [-0.39, 0.29) is 5.76 Å². The van der Waals surface area contributed by atoms with Crippen molar-refractivity contribution in [3.63, 3.8) is 0 Å². The Bertz CT molecular complexity index is 743. The molecule has 0 saturated heterocycles. The molecular formula is C15H13BrClNO5. The van der Waals surface area contributed by atoms with Crippen LogP contribution < -0.4 is 10.1 Å². The molecule has 0 radical (unpaired) electrons. The number of carbonyl (C=O) groups is 2. The van der Waals surface area contributed by atoms with Gasteiger partial charge in [0.2, 0.25) is 5.76 Å². The number of halogens is 2. The molecule has 0 aliphatic rings. The van der Waals surface area contributed by atoms with E-state index >= 15 is 0 Å². The van der Waals surface area contributed by atoms with Crippen molar-refractivity contribution in [3.8, 4) is 5.75 Å². The van der Waals surface area contributed by atoms with Crippen molar-refractivity contribution < 1.29 is 23.5 Å². The maximum atomic E-state index is 11.9. The fourth-order valence-corrected chi connectivity index (χ4v) is 2.20. The molecule has 0 fully saturated rings. The van der Waals surface area contributed by atoms with E-state index in [0.29, 0.717) is 21.1 Å². The van der Waals surface area contributed by atoms with E-state index in [9.17, 15) is 9.59 Å². The monoisotopic (exact) mass is 401 g/mol. The van der Waals surface area contributed by atoms with Crippen molar-refractivity contribution >= 4 is 45.1 Å². The zero-order valence-electron chi connectivity index (χ0n) is 12.3. The van der Waals surface area contributed by atoms with Crippen LogP contribution in [-0.4, -0.2) is 25.6 Å². The number of esters is 1. The minimum atomic E-state index is -0.731. The normalized spacial score (nSPS) is 10.3. The van der Waals surface area contributed by atoms with E-state index in [2.05, 4.69) is 21.2 Å². The quantitative estimate of drug-likeness (QED) is 0.770. The first kappa shape index (κ1) is 17.4. The number of carbonyl (C=O) groups excluding carboxylic acids is 2. The van der Waals surface area contributed by atoms with Gasteiger partial charge in [0, 0.05) is 11.1 Å². The summed E-state index contributed by atoms with van der Waals surface area (Å²) in [7, 11) is 1.46. The highest BCUT2D eigenvalue weighted by atomic mass is 79.9. The second-order valence-corrected chi connectivity index (χ2v) is 5.72. The third kappa shape index (κ3) is 4.49. The molecule has 1 amide bonds.